The number of anilines is 1. The number of nitrogens with one attached hydrogen (secondary N) is 1. The van der Waals surface area contributed by atoms with Gasteiger partial charge in [0.1, 0.15) is 22.8 Å². The van der Waals surface area contributed by atoms with Gasteiger partial charge in [0.15, 0.2) is 0 Å². The van der Waals surface area contributed by atoms with E-state index in [0.29, 0.717) is 69.5 Å². The van der Waals surface area contributed by atoms with Crippen LogP contribution in [0.1, 0.15) is 91.3 Å². The van der Waals surface area contributed by atoms with Gasteiger partial charge < -0.3 is 34.4 Å². The minimum absolute atomic E-state index is 0.0131. The van der Waals surface area contributed by atoms with E-state index < -0.39 is 23.7 Å². The molecule has 3 heterocycles. The Labute approximate surface area is 280 Å². The Hall–Kier alpha value is -3.48. The summed E-state index contributed by atoms with van der Waals surface area (Å²) in [6.07, 6.45) is 2.19. The van der Waals surface area contributed by atoms with Gasteiger partial charge in [-0.2, -0.15) is 0 Å². The maximum absolute atomic E-state index is 14.5. The standard InChI is InChI=1S/C34H57N7O6/c1-23(2)20-41(30(44)27-19-36-31(33(4,5)6)37-28(27)35-12-11-17-46-10)26-18-25(21-40(22-26)32(45)47-34(7,8)9)29(43)39-15-13-38(14-16-39)24(3)42/h19,23,25-26H,11-18,20-22H2,1-10H3,(H,35,36,37)/t25-,26+/m1/s1. The summed E-state index contributed by atoms with van der Waals surface area (Å²) in [5.74, 6) is 0.281. The zero-order valence-corrected chi connectivity index (χ0v) is 30.2. The first-order valence-electron chi connectivity index (χ1n) is 16.8. The SMILES string of the molecule is COCCCNc1nc(C(C)(C)C)ncc1C(=O)N(CC(C)C)[C@H]1C[C@@H](C(=O)N2CCN(C(C)=O)CC2)CN(C(=O)OC(C)(C)C)C1. The third-order valence-corrected chi connectivity index (χ3v) is 8.24. The lowest BCUT2D eigenvalue weighted by atomic mass is 9.90. The Morgan fingerprint density at radius 3 is 2.19 bits per heavy atom. The summed E-state index contributed by atoms with van der Waals surface area (Å²) in [6.45, 7) is 20.8. The summed E-state index contributed by atoms with van der Waals surface area (Å²) < 4.78 is 11.0. The number of nitrogens with zero attached hydrogens (tertiary/aromatic N) is 6. The molecule has 1 aromatic heterocycles. The van der Waals surface area contributed by atoms with Gasteiger partial charge in [0.2, 0.25) is 11.8 Å². The number of amides is 4. The van der Waals surface area contributed by atoms with E-state index in [1.807, 2.05) is 34.6 Å². The fourth-order valence-corrected chi connectivity index (χ4v) is 5.86. The summed E-state index contributed by atoms with van der Waals surface area (Å²) in [4.78, 5) is 70.1. The van der Waals surface area contributed by atoms with Crippen molar-refractivity contribution in [3.63, 3.8) is 0 Å². The minimum atomic E-state index is -0.727. The topological polar surface area (TPSA) is 138 Å². The third kappa shape index (κ3) is 10.8. The molecule has 2 fully saturated rings. The molecule has 13 nitrogen and oxygen atoms in total. The maximum Gasteiger partial charge on any atom is 0.410 e. The van der Waals surface area contributed by atoms with Gasteiger partial charge in [-0.25, -0.2) is 14.8 Å². The van der Waals surface area contributed by atoms with Crippen molar-refractivity contribution in [2.24, 2.45) is 11.8 Å². The van der Waals surface area contributed by atoms with Gasteiger partial charge in [-0.05, 0) is 39.5 Å². The molecule has 1 N–H and O–H groups in total. The molecule has 0 spiro atoms. The highest BCUT2D eigenvalue weighted by Crippen LogP contribution is 2.29. The van der Waals surface area contributed by atoms with Gasteiger partial charge in [0.05, 0.1) is 12.0 Å². The van der Waals surface area contributed by atoms with Crippen molar-refractivity contribution >= 4 is 29.6 Å². The Morgan fingerprint density at radius 1 is 1.00 bits per heavy atom. The van der Waals surface area contributed by atoms with Crippen molar-refractivity contribution in [3.05, 3.63) is 17.6 Å². The van der Waals surface area contributed by atoms with Crippen molar-refractivity contribution in [2.75, 3.05) is 71.4 Å². The van der Waals surface area contributed by atoms with Crippen molar-refractivity contribution < 1.29 is 28.7 Å². The van der Waals surface area contributed by atoms with Gasteiger partial charge >= 0.3 is 6.09 Å². The lowest BCUT2D eigenvalue weighted by Gasteiger charge is -2.44. The van der Waals surface area contributed by atoms with Crippen LogP contribution in [0.2, 0.25) is 0 Å². The van der Waals surface area contributed by atoms with Crippen LogP contribution in [0.4, 0.5) is 10.6 Å². The molecule has 1 aromatic rings. The third-order valence-electron chi connectivity index (χ3n) is 8.24. The highest BCUT2D eigenvalue weighted by molar-refractivity contribution is 5.98. The van der Waals surface area contributed by atoms with Crippen molar-refractivity contribution in [1.82, 2.24) is 29.6 Å². The highest BCUT2D eigenvalue weighted by atomic mass is 16.6. The first-order valence-corrected chi connectivity index (χ1v) is 16.8. The molecule has 264 valence electrons. The van der Waals surface area contributed by atoms with E-state index in [2.05, 4.69) is 10.3 Å². The fraction of sp³-hybridized carbons (Fsp3) is 0.765. The van der Waals surface area contributed by atoms with E-state index in [-0.39, 0.29) is 42.1 Å². The molecule has 3 rings (SSSR count). The van der Waals surface area contributed by atoms with Crippen LogP contribution in [0.25, 0.3) is 0 Å². The molecule has 0 bridgehead atoms. The van der Waals surface area contributed by atoms with E-state index in [4.69, 9.17) is 14.5 Å². The first kappa shape index (κ1) is 38.0. The van der Waals surface area contributed by atoms with Gasteiger partial charge in [0.25, 0.3) is 5.91 Å². The van der Waals surface area contributed by atoms with Crippen LogP contribution in [0.5, 0.6) is 0 Å². The van der Waals surface area contributed by atoms with Crippen molar-refractivity contribution in [2.45, 2.75) is 92.2 Å². The minimum Gasteiger partial charge on any atom is -0.444 e. The number of piperidine rings is 1. The summed E-state index contributed by atoms with van der Waals surface area (Å²) in [5.41, 5.74) is -0.716. The molecule has 0 aromatic carbocycles. The zero-order chi connectivity index (χ0) is 35.1. The number of ether oxygens (including phenoxy) is 2. The van der Waals surface area contributed by atoms with Crippen LogP contribution in [0.3, 0.4) is 0 Å². The molecule has 2 aliphatic rings. The number of methoxy groups -OCH3 is 1. The largest absolute Gasteiger partial charge is 0.444 e. The highest BCUT2D eigenvalue weighted by Gasteiger charge is 2.42. The van der Waals surface area contributed by atoms with Crippen LogP contribution in [0.15, 0.2) is 6.20 Å². The monoisotopic (exact) mass is 659 g/mol. The molecule has 2 aliphatic heterocycles. The second-order valence-corrected chi connectivity index (χ2v) is 15.1. The molecule has 47 heavy (non-hydrogen) atoms. The number of carbonyl (C=O) groups excluding carboxylic acids is 4. The summed E-state index contributed by atoms with van der Waals surface area (Å²) >= 11 is 0. The number of carbonyl (C=O) groups is 4. The summed E-state index contributed by atoms with van der Waals surface area (Å²) in [5, 5.41) is 3.33. The molecule has 2 saturated heterocycles. The number of rotatable bonds is 10. The van der Waals surface area contributed by atoms with Gasteiger partial charge in [-0.3, -0.25) is 14.4 Å². The van der Waals surface area contributed by atoms with E-state index in [9.17, 15) is 19.2 Å². The van der Waals surface area contributed by atoms with Crippen LogP contribution in [0, 0.1) is 11.8 Å². The molecular formula is C34H57N7O6. The quantitative estimate of drug-likeness (QED) is 0.373. The van der Waals surface area contributed by atoms with Crippen molar-refractivity contribution in [1.29, 1.82) is 0 Å². The van der Waals surface area contributed by atoms with E-state index >= 15 is 0 Å². The number of piperazine rings is 1. The maximum atomic E-state index is 14.5. The predicted molar refractivity (Wildman–Crippen MR) is 180 cm³/mol. The number of aromatic nitrogens is 2. The lowest BCUT2D eigenvalue weighted by Crippen LogP contribution is -2.59. The molecule has 0 radical (unpaired) electrons. The molecule has 0 saturated carbocycles. The van der Waals surface area contributed by atoms with Crippen LogP contribution < -0.4 is 5.32 Å². The average molecular weight is 660 g/mol. The van der Waals surface area contributed by atoms with Crippen molar-refractivity contribution in [3.8, 4) is 0 Å². The Kier molecular flexibility index (Phi) is 13.0. The Balaban J connectivity index is 1.98. The van der Waals surface area contributed by atoms with Gasteiger partial charge in [-0.15, -0.1) is 0 Å². The number of hydrogen-bond acceptors (Lipinski definition) is 9. The second kappa shape index (κ2) is 16.1. The molecule has 13 heteroatoms. The average Bonchev–Trinajstić information content (AvgIpc) is 2.99. The first-order chi connectivity index (χ1) is 21.9. The second-order valence-electron chi connectivity index (χ2n) is 15.1. The summed E-state index contributed by atoms with van der Waals surface area (Å²) in [7, 11) is 1.65. The molecule has 0 aliphatic carbocycles. The van der Waals surface area contributed by atoms with Crippen LogP contribution >= 0.6 is 0 Å². The lowest BCUT2D eigenvalue weighted by molar-refractivity contribution is -0.143. The smallest absolute Gasteiger partial charge is 0.410 e. The van der Waals surface area contributed by atoms with E-state index in [1.165, 1.54) is 6.92 Å². The molecule has 2 atom stereocenters. The fourth-order valence-electron chi connectivity index (χ4n) is 5.86. The Bertz CT molecular complexity index is 1250. The zero-order valence-electron chi connectivity index (χ0n) is 30.2. The van der Waals surface area contributed by atoms with Gasteiger partial charge in [0, 0.05) is 84.6 Å². The predicted octanol–water partition coefficient (Wildman–Crippen LogP) is 3.64. The van der Waals surface area contributed by atoms with Crippen LogP contribution in [-0.4, -0.2) is 131 Å². The molecular weight excluding hydrogens is 602 g/mol. The molecule has 0 unspecified atom stereocenters. The van der Waals surface area contributed by atoms with E-state index in [0.717, 1.165) is 6.42 Å². The normalized spacial score (nSPS) is 19.1. The Morgan fingerprint density at radius 2 is 1.64 bits per heavy atom. The number of hydrogen-bond donors (Lipinski definition) is 1. The number of likely N-dealkylation sites (tertiary alicyclic amines) is 1. The van der Waals surface area contributed by atoms with E-state index in [1.54, 1.807) is 53.7 Å². The summed E-state index contributed by atoms with van der Waals surface area (Å²) in [6, 6.07) is -0.456. The van der Waals surface area contributed by atoms with Crippen LogP contribution in [-0.2, 0) is 24.5 Å². The molecule has 4 amide bonds. The van der Waals surface area contributed by atoms with Gasteiger partial charge in [-0.1, -0.05) is 34.6 Å².